The Morgan fingerprint density at radius 2 is 2.09 bits per heavy atom. The van der Waals surface area contributed by atoms with Gasteiger partial charge in [0, 0.05) is 24.7 Å². The predicted octanol–water partition coefficient (Wildman–Crippen LogP) is 3.98. The van der Waals surface area contributed by atoms with Gasteiger partial charge in [0.2, 0.25) is 0 Å². The lowest BCUT2D eigenvalue weighted by atomic mass is 10.1. The number of rotatable bonds is 5. The van der Waals surface area contributed by atoms with Crippen LogP contribution in [0.15, 0.2) is 22.7 Å². The molecule has 1 aliphatic rings. The van der Waals surface area contributed by atoms with Crippen molar-refractivity contribution in [3.8, 4) is 0 Å². The highest BCUT2D eigenvalue weighted by atomic mass is 79.9. The number of imide groups is 1. The van der Waals surface area contributed by atoms with Crippen molar-refractivity contribution < 1.29 is 19.4 Å². The molecule has 7 heteroatoms. The maximum absolute atomic E-state index is 12.3. The first-order valence-electron chi connectivity index (χ1n) is 7.14. The lowest BCUT2D eigenvalue weighted by Crippen LogP contribution is -2.35. The zero-order valence-electron chi connectivity index (χ0n) is 12.9. The van der Waals surface area contributed by atoms with E-state index in [0.717, 1.165) is 15.4 Å². The fourth-order valence-electron chi connectivity index (χ4n) is 2.37. The molecule has 2 amide bonds. The van der Waals surface area contributed by atoms with E-state index in [0.29, 0.717) is 17.7 Å². The van der Waals surface area contributed by atoms with Gasteiger partial charge in [0.25, 0.3) is 5.91 Å². The van der Waals surface area contributed by atoms with Crippen LogP contribution in [0.5, 0.6) is 0 Å². The van der Waals surface area contributed by atoms with Crippen LogP contribution in [0.2, 0.25) is 25.7 Å². The number of amides is 2. The summed E-state index contributed by atoms with van der Waals surface area (Å²) in [6, 6.07) is 5.71. The van der Waals surface area contributed by atoms with Crippen LogP contribution in [-0.4, -0.2) is 43.3 Å². The molecule has 0 aliphatic carbocycles. The molecule has 0 radical (unpaired) electrons. The van der Waals surface area contributed by atoms with Crippen LogP contribution in [0.3, 0.4) is 0 Å². The quantitative estimate of drug-likeness (QED) is 0.614. The summed E-state index contributed by atoms with van der Waals surface area (Å²) in [4.78, 5) is 24.5. The molecule has 22 heavy (non-hydrogen) atoms. The monoisotopic (exact) mass is 385 g/mol. The number of nitrogens with zero attached hydrogens (tertiary/aromatic N) is 1. The summed E-state index contributed by atoms with van der Waals surface area (Å²) in [7, 11) is -1.19. The molecule has 5 nitrogen and oxygen atoms in total. The Kier molecular flexibility index (Phi) is 5.09. The average Bonchev–Trinajstić information content (AvgIpc) is 2.66. The van der Waals surface area contributed by atoms with E-state index in [2.05, 4.69) is 35.6 Å². The first kappa shape index (κ1) is 17.2. The SMILES string of the molecule is C[Si](C)(C)CCOCC1c2ccc(Br)cc2C(=O)N1C(=O)O. The Hall–Kier alpha value is -1.18. The molecule has 1 unspecified atom stereocenters. The number of carbonyl (C=O) groups is 2. The van der Waals surface area contributed by atoms with Crippen LogP contribution in [0.25, 0.3) is 0 Å². The molecule has 0 bridgehead atoms. The Morgan fingerprint density at radius 3 is 2.68 bits per heavy atom. The van der Waals surface area contributed by atoms with Gasteiger partial charge in [-0.3, -0.25) is 4.79 Å². The van der Waals surface area contributed by atoms with Gasteiger partial charge in [-0.15, -0.1) is 0 Å². The van der Waals surface area contributed by atoms with Crippen molar-refractivity contribution in [2.75, 3.05) is 13.2 Å². The van der Waals surface area contributed by atoms with Crippen molar-refractivity contribution in [3.05, 3.63) is 33.8 Å². The largest absolute Gasteiger partial charge is 0.465 e. The van der Waals surface area contributed by atoms with Gasteiger partial charge in [0.1, 0.15) is 0 Å². The number of benzene rings is 1. The molecule has 0 aromatic heterocycles. The number of hydrogen-bond donors (Lipinski definition) is 1. The molecule has 2 rings (SSSR count). The van der Waals surface area contributed by atoms with E-state index in [-0.39, 0.29) is 6.61 Å². The van der Waals surface area contributed by atoms with Crippen LogP contribution < -0.4 is 0 Å². The maximum Gasteiger partial charge on any atom is 0.415 e. The average molecular weight is 386 g/mol. The highest BCUT2D eigenvalue weighted by molar-refractivity contribution is 9.10. The second-order valence-corrected chi connectivity index (χ2v) is 13.1. The van der Waals surface area contributed by atoms with E-state index < -0.39 is 26.1 Å². The number of carboxylic acid groups (broad SMARTS) is 1. The summed E-state index contributed by atoms with van der Waals surface area (Å²) in [5, 5.41) is 9.33. The molecule has 1 heterocycles. The zero-order chi connectivity index (χ0) is 16.5. The molecule has 1 atom stereocenters. The second kappa shape index (κ2) is 6.52. The van der Waals surface area contributed by atoms with Crippen LogP contribution in [-0.2, 0) is 4.74 Å². The Bertz CT molecular complexity index is 600. The van der Waals surface area contributed by atoms with Crippen molar-refractivity contribution in [1.29, 1.82) is 0 Å². The van der Waals surface area contributed by atoms with E-state index in [1.54, 1.807) is 12.1 Å². The molecule has 0 saturated carbocycles. The minimum absolute atomic E-state index is 0.206. The summed E-state index contributed by atoms with van der Waals surface area (Å²) >= 11 is 3.31. The van der Waals surface area contributed by atoms with Crippen LogP contribution >= 0.6 is 15.9 Å². The maximum atomic E-state index is 12.3. The second-order valence-electron chi connectivity index (χ2n) is 6.59. The molecular weight excluding hydrogens is 366 g/mol. The summed E-state index contributed by atoms with van der Waals surface area (Å²) in [5.41, 5.74) is 1.14. The molecule has 120 valence electrons. The van der Waals surface area contributed by atoms with Crippen molar-refractivity contribution >= 4 is 36.0 Å². The molecule has 0 saturated heterocycles. The number of carbonyl (C=O) groups excluding carboxylic acids is 1. The van der Waals surface area contributed by atoms with E-state index in [9.17, 15) is 14.7 Å². The fourth-order valence-corrected chi connectivity index (χ4v) is 3.49. The van der Waals surface area contributed by atoms with E-state index in [4.69, 9.17) is 4.74 Å². The molecule has 1 aromatic carbocycles. The van der Waals surface area contributed by atoms with Gasteiger partial charge < -0.3 is 9.84 Å². The number of halogens is 1. The fraction of sp³-hybridized carbons (Fsp3) is 0.467. The van der Waals surface area contributed by atoms with Crippen molar-refractivity contribution in [1.82, 2.24) is 4.90 Å². The summed E-state index contributed by atoms with van der Waals surface area (Å²) < 4.78 is 6.43. The number of fused-ring (bicyclic) bond motifs is 1. The first-order chi connectivity index (χ1) is 10.2. The Labute approximate surface area is 139 Å². The van der Waals surface area contributed by atoms with Crippen LogP contribution in [0.1, 0.15) is 22.0 Å². The lowest BCUT2D eigenvalue weighted by Gasteiger charge is -2.22. The third-order valence-corrected chi connectivity index (χ3v) is 5.81. The molecule has 1 aromatic rings. The standard InChI is InChI=1S/C15H20BrNO4Si/c1-22(2,3)7-6-21-9-13-11-5-4-10(16)8-12(11)14(18)17(13)15(19)20/h4-5,8,13H,6-7,9H2,1-3H3,(H,19,20). The smallest absolute Gasteiger partial charge is 0.415 e. The third kappa shape index (κ3) is 3.77. The normalized spacial score (nSPS) is 17.7. The van der Waals surface area contributed by atoms with E-state index >= 15 is 0 Å². The van der Waals surface area contributed by atoms with Gasteiger partial charge in [0.05, 0.1) is 12.6 Å². The van der Waals surface area contributed by atoms with Crippen molar-refractivity contribution in [3.63, 3.8) is 0 Å². The minimum atomic E-state index is -1.24. The molecule has 0 fully saturated rings. The highest BCUT2D eigenvalue weighted by Crippen LogP contribution is 2.35. The number of ether oxygens (including phenoxy) is 1. The van der Waals surface area contributed by atoms with Crippen molar-refractivity contribution in [2.24, 2.45) is 0 Å². The Morgan fingerprint density at radius 1 is 1.41 bits per heavy atom. The number of hydrogen-bond acceptors (Lipinski definition) is 3. The Balaban J connectivity index is 2.14. The summed E-state index contributed by atoms with van der Waals surface area (Å²) in [6.45, 7) is 7.57. The predicted molar refractivity (Wildman–Crippen MR) is 90.0 cm³/mol. The van der Waals surface area contributed by atoms with Gasteiger partial charge in [-0.2, -0.15) is 0 Å². The minimum Gasteiger partial charge on any atom is -0.465 e. The molecule has 1 N–H and O–H groups in total. The molecule has 0 spiro atoms. The van der Waals surface area contributed by atoms with Gasteiger partial charge in [-0.1, -0.05) is 41.6 Å². The van der Waals surface area contributed by atoms with Crippen LogP contribution in [0, 0.1) is 0 Å². The van der Waals surface area contributed by atoms with Gasteiger partial charge in [0.15, 0.2) is 0 Å². The van der Waals surface area contributed by atoms with Gasteiger partial charge in [-0.25, -0.2) is 9.69 Å². The van der Waals surface area contributed by atoms with Gasteiger partial charge in [-0.05, 0) is 23.7 Å². The molecule has 1 aliphatic heterocycles. The summed E-state index contributed by atoms with van der Waals surface area (Å²) in [5.74, 6) is -0.484. The van der Waals surface area contributed by atoms with Crippen LogP contribution in [0.4, 0.5) is 4.79 Å². The lowest BCUT2D eigenvalue weighted by molar-refractivity contribution is 0.0521. The van der Waals surface area contributed by atoms with Gasteiger partial charge >= 0.3 is 6.09 Å². The summed E-state index contributed by atoms with van der Waals surface area (Å²) in [6.07, 6.45) is -1.24. The third-order valence-electron chi connectivity index (χ3n) is 3.61. The van der Waals surface area contributed by atoms with E-state index in [1.165, 1.54) is 0 Å². The van der Waals surface area contributed by atoms with Crippen molar-refractivity contribution in [2.45, 2.75) is 31.7 Å². The van der Waals surface area contributed by atoms with E-state index in [1.807, 2.05) is 6.07 Å². The highest BCUT2D eigenvalue weighted by Gasteiger charge is 2.41. The topological polar surface area (TPSA) is 66.8 Å². The zero-order valence-corrected chi connectivity index (χ0v) is 15.5. The molecular formula is C15H20BrNO4Si. The first-order valence-corrected chi connectivity index (χ1v) is 11.6.